The number of nitrogens with one attached hydrogen (secondary N) is 2. The quantitative estimate of drug-likeness (QED) is 0.507. The van der Waals surface area contributed by atoms with Crippen molar-refractivity contribution in [3.8, 4) is 0 Å². The van der Waals surface area contributed by atoms with Crippen molar-refractivity contribution >= 4 is 28.6 Å². The van der Waals surface area contributed by atoms with Crippen molar-refractivity contribution in [3.63, 3.8) is 0 Å². The summed E-state index contributed by atoms with van der Waals surface area (Å²) in [5.74, 6) is -0.922. The van der Waals surface area contributed by atoms with Crippen molar-refractivity contribution in [1.29, 1.82) is 0 Å². The number of fused-ring (bicyclic) bond motifs is 1. The van der Waals surface area contributed by atoms with Crippen LogP contribution in [0.5, 0.6) is 0 Å². The summed E-state index contributed by atoms with van der Waals surface area (Å²) in [5.41, 5.74) is 2.37. The molecule has 1 amide bonds. The molecule has 3 heterocycles. The Morgan fingerprint density at radius 3 is 2.64 bits per heavy atom. The van der Waals surface area contributed by atoms with E-state index in [1.54, 1.807) is 36.1 Å². The Morgan fingerprint density at radius 1 is 1.18 bits per heavy atom. The maximum absolute atomic E-state index is 13.5. The Balaban J connectivity index is 1.69. The summed E-state index contributed by atoms with van der Waals surface area (Å²) in [6, 6.07) is 8.30. The lowest BCUT2D eigenvalue weighted by Gasteiger charge is -2.26. The molecule has 9 heteroatoms. The highest BCUT2D eigenvalue weighted by Crippen LogP contribution is 2.29. The molecule has 0 radical (unpaired) electrons. The number of benzene rings is 1. The first-order chi connectivity index (χ1) is 16.1. The summed E-state index contributed by atoms with van der Waals surface area (Å²) in [4.78, 5) is 30.6. The van der Waals surface area contributed by atoms with Crippen LogP contribution in [-0.2, 0) is 20.8 Å². The van der Waals surface area contributed by atoms with Crippen LogP contribution in [0, 0.1) is 0 Å². The summed E-state index contributed by atoms with van der Waals surface area (Å²) < 4.78 is 12.5. The lowest BCUT2D eigenvalue weighted by atomic mass is 10.0. The van der Waals surface area contributed by atoms with Crippen molar-refractivity contribution in [2.24, 2.45) is 0 Å². The lowest BCUT2D eigenvalue weighted by Crippen LogP contribution is -2.36. The second kappa shape index (κ2) is 10.4. The van der Waals surface area contributed by atoms with Gasteiger partial charge in [-0.05, 0) is 32.3 Å². The van der Waals surface area contributed by atoms with Gasteiger partial charge in [0.1, 0.15) is 0 Å². The number of anilines is 1. The second-order valence-electron chi connectivity index (χ2n) is 7.84. The van der Waals surface area contributed by atoms with Gasteiger partial charge in [-0.1, -0.05) is 30.3 Å². The average molecular weight is 452 g/mol. The fraction of sp³-hybridized carbons (Fsp3) is 0.417. The normalized spacial score (nSPS) is 15.2. The van der Waals surface area contributed by atoms with Crippen LogP contribution in [-0.4, -0.2) is 52.5 Å². The molecule has 1 unspecified atom stereocenters. The number of carbonyl (C=O) groups is 2. The van der Waals surface area contributed by atoms with Gasteiger partial charge >= 0.3 is 5.97 Å². The first-order valence-corrected chi connectivity index (χ1v) is 11.3. The van der Waals surface area contributed by atoms with Crippen LogP contribution in [0.1, 0.15) is 48.7 Å². The average Bonchev–Trinajstić information content (AvgIpc) is 3.27. The number of amides is 1. The standard InChI is InChI=1S/C24H29N5O4/c1-3-29-22-18(15-26-29)21(27-17-10-12-32-13-11-17)19(14-25-22)23(30)28-20(24(31)33-4-2)16-8-6-5-7-9-16/h5-9,14-15,17,20H,3-4,10-13H2,1-2H3,(H,25,27)(H,28,30). The maximum atomic E-state index is 13.5. The highest BCUT2D eigenvalue weighted by molar-refractivity contribution is 6.07. The predicted octanol–water partition coefficient (Wildman–Crippen LogP) is 3.08. The molecular weight excluding hydrogens is 422 g/mol. The number of pyridine rings is 1. The molecule has 4 rings (SSSR count). The molecule has 1 atom stereocenters. The molecule has 2 aromatic heterocycles. The van der Waals surface area contributed by atoms with Gasteiger partial charge in [-0.2, -0.15) is 5.10 Å². The zero-order valence-electron chi connectivity index (χ0n) is 18.9. The molecular formula is C24H29N5O4. The Labute approximate surface area is 192 Å². The van der Waals surface area contributed by atoms with Crippen molar-refractivity contribution in [1.82, 2.24) is 20.1 Å². The Bertz CT molecular complexity index is 1110. The number of rotatable bonds is 8. The van der Waals surface area contributed by atoms with E-state index in [9.17, 15) is 9.59 Å². The first-order valence-electron chi connectivity index (χ1n) is 11.3. The molecule has 9 nitrogen and oxygen atoms in total. The third-order valence-electron chi connectivity index (χ3n) is 5.71. The highest BCUT2D eigenvalue weighted by atomic mass is 16.5. The SMILES string of the molecule is CCOC(=O)C(NC(=O)c1cnc2c(cnn2CC)c1NC1CCOCC1)c1ccccc1. The third-order valence-corrected chi connectivity index (χ3v) is 5.71. The van der Waals surface area contributed by atoms with E-state index in [-0.39, 0.29) is 12.6 Å². The number of esters is 1. The van der Waals surface area contributed by atoms with Crippen molar-refractivity contribution in [2.45, 2.75) is 45.3 Å². The summed E-state index contributed by atoms with van der Waals surface area (Å²) >= 11 is 0. The Hall–Kier alpha value is -3.46. The molecule has 1 fully saturated rings. The first kappa shape index (κ1) is 22.7. The Kier molecular flexibility index (Phi) is 7.19. The van der Waals surface area contributed by atoms with Crippen LogP contribution in [0.15, 0.2) is 42.7 Å². The van der Waals surface area contributed by atoms with Gasteiger partial charge in [0.15, 0.2) is 11.7 Å². The van der Waals surface area contributed by atoms with E-state index in [2.05, 4.69) is 20.7 Å². The summed E-state index contributed by atoms with van der Waals surface area (Å²) in [6.45, 7) is 5.95. The van der Waals surface area contributed by atoms with Crippen molar-refractivity contribution in [2.75, 3.05) is 25.1 Å². The number of carbonyl (C=O) groups excluding carboxylic acids is 2. The largest absolute Gasteiger partial charge is 0.464 e. The van der Waals surface area contributed by atoms with Gasteiger partial charge in [0.25, 0.3) is 5.91 Å². The van der Waals surface area contributed by atoms with E-state index < -0.39 is 17.9 Å². The van der Waals surface area contributed by atoms with Gasteiger partial charge < -0.3 is 20.1 Å². The van der Waals surface area contributed by atoms with Crippen LogP contribution in [0.2, 0.25) is 0 Å². The van der Waals surface area contributed by atoms with Crippen LogP contribution < -0.4 is 10.6 Å². The molecule has 33 heavy (non-hydrogen) atoms. The third kappa shape index (κ3) is 4.98. The molecule has 1 aliphatic heterocycles. The predicted molar refractivity (Wildman–Crippen MR) is 124 cm³/mol. The molecule has 174 valence electrons. The van der Waals surface area contributed by atoms with E-state index in [0.717, 1.165) is 18.2 Å². The molecule has 2 N–H and O–H groups in total. The van der Waals surface area contributed by atoms with Crippen LogP contribution in [0.25, 0.3) is 11.0 Å². The number of aromatic nitrogens is 3. The van der Waals surface area contributed by atoms with Gasteiger partial charge in [0, 0.05) is 32.0 Å². The minimum absolute atomic E-state index is 0.163. The molecule has 1 aliphatic rings. The van der Waals surface area contributed by atoms with Crippen molar-refractivity contribution in [3.05, 3.63) is 53.9 Å². The molecule has 3 aromatic rings. The molecule has 0 saturated carbocycles. The molecule has 0 spiro atoms. The summed E-state index contributed by atoms with van der Waals surface area (Å²) in [7, 11) is 0. The zero-order valence-corrected chi connectivity index (χ0v) is 18.9. The summed E-state index contributed by atoms with van der Waals surface area (Å²) in [6.07, 6.45) is 4.94. The van der Waals surface area contributed by atoms with E-state index in [0.29, 0.717) is 42.2 Å². The van der Waals surface area contributed by atoms with Gasteiger partial charge in [0.05, 0.1) is 29.4 Å². The summed E-state index contributed by atoms with van der Waals surface area (Å²) in [5, 5.41) is 11.6. The maximum Gasteiger partial charge on any atom is 0.333 e. The topological polar surface area (TPSA) is 107 Å². The highest BCUT2D eigenvalue weighted by Gasteiger charge is 2.27. The van der Waals surface area contributed by atoms with Gasteiger partial charge in [-0.15, -0.1) is 0 Å². The van der Waals surface area contributed by atoms with Crippen LogP contribution in [0.4, 0.5) is 5.69 Å². The van der Waals surface area contributed by atoms with Crippen LogP contribution >= 0.6 is 0 Å². The fourth-order valence-corrected chi connectivity index (χ4v) is 3.99. The van der Waals surface area contributed by atoms with Crippen molar-refractivity contribution < 1.29 is 19.1 Å². The molecule has 1 aromatic carbocycles. The fourth-order valence-electron chi connectivity index (χ4n) is 3.99. The number of nitrogens with zero attached hydrogens (tertiary/aromatic N) is 3. The molecule has 1 saturated heterocycles. The van der Waals surface area contributed by atoms with E-state index in [1.807, 2.05) is 25.1 Å². The number of aryl methyl sites for hydroxylation is 1. The number of hydrogen-bond donors (Lipinski definition) is 2. The minimum atomic E-state index is -0.927. The molecule has 0 aliphatic carbocycles. The van der Waals surface area contributed by atoms with E-state index in [1.165, 1.54) is 0 Å². The Morgan fingerprint density at radius 2 is 1.94 bits per heavy atom. The molecule has 0 bridgehead atoms. The van der Waals surface area contributed by atoms with Gasteiger partial charge in [-0.25, -0.2) is 14.5 Å². The number of ether oxygens (including phenoxy) is 2. The smallest absolute Gasteiger partial charge is 0.333 e. The van der Waals surface area contributed by atoms with Crippen LogP contribution in [0.3, 0.4) is 0 Å². The van der Waals surface area contributed by atoms with E-state index >= 15 is 0 Å². The second-order valence-corrected chi connectivity index (χ2v) is 7.84. The monoisotopic (exact) mass is 451 g/mol. The van der Waals surface area contributed by atoms with Gasteiger partial charge in [-0.3, -0.25) is 4.79 Å². The zero-order chi connectivity index (χ0) is 23.2. The van der Waals surface area contributed by atoms with E-state index in [4.69, 9.17) is 9.47 Å². The lowest BCUT2D eigenvalue weighted by molar-refractivity contribution is -0.145. The van der Waals surface area contributed by atoms with Gasteiger partial charge in [0.2, 0.25) is 0 Å². The number of hydrogen-bond acceptors (Lipinski definition) is 7. The minimum Gasteiger partial charge on any atom is -0.464 e.